The summed E-state index contributed by atoms with van der Waals surface area (Å²) in [4.78, 5) is 15.7. The number of piperazine rings is 1. The summed E-state index contributed by atoms with van der Waals surface area (Å²) in [5.74, 6) is 1.37. The van der Waals surface area contributed by atoms with Gasteiger partial charge in [0, 0.05) is 37.9 Å². The first-order valence-electron chi connectivity index (χ1n) is 9.89. The predicted molar refractivity (Wildman–Crippen MR) is 114 cm³/mol. The number of aryl methyl sites for hydroxylation is 1. The van der Waals surface area contributed by atoms with Crippen LogP contribution in [0, 0.1) is 24.0 Å². The van der Waals surface area contributed by atoms with Gasteiger partial charge in [-0.1, -0.05) is 24.3 Å². The Balaban J connectivity index is 1.41. The molecular weight excluding hydrogens is 366 g/mol. The maximum absolute atomic E-state index is 11.3. The summed E-state index contributed by atoms with van der Waals surface area (Å²) in [5, 5.41) is 11.3. The Morgan fingerprint density at radius 2 is 1.72 bits per heavy atom. The van der Waals surface area contributed by atoms with Gasteiger partial charge in [0.05, 0.1) is 17.0 Å². The van der Waals surface area contributed by atoms with Crippen LogP contribution >= 0.6 is 0 Å². The van der Waals surface area contributed by atoms with Crippen molar-refractivity contribution in [3.05, 3.63) is 81.6 Å². The summed E-state index contributed by atoms with van der Waals surface area (Å²) in [5.41, 5.74) is 4.57. The number of para-hydroxylation sites is 1. The average molecular weight is 391 g/mol. The number of rotatable bonds is 5. The number of hydrogen-bond donors (Lipinski definition) is 0. The zero-order chi connectivity index (χ0) is 20.4. The normalized spacial score (nSPS) is 14.9. The van der Waals surface area contributed by atoms with Crippen LogP contribution in [0.25, 0.3) is 11.3 Å². The Hall–Kier alpha value is -3.12. The van der Waals surface area contributed by atoms with E-state index >= 15 is 0 Å². The molecule has 2 heterocycles. The van der Waals surface area contributed by atoms with Gasteiger partial charge in [-0.25, -0.2) is 0 Å². The van der Waals surface area contributed by atoms with E-state index in [0.29, 0.717) is 17.9 Å². The lowest BCUT2D eigenvalue weighted by Crippen LogP contribution is -2.46. The molecule has 0 bridgehead atoms. The summed E-state index contributed by atoms with van der Waals surface area (Å²) >= 11 is 0. The number of nitro groups is 1. The van der Waals surface area contributed by atoms with Crippen LogP contribution in [0.1, 0.15) is 16.9 Å². The van der Waals surface area contributed by atoms with Crippen molar-refractivity contribution in [1.29, 1.82) is 0 Å². The maximum atomic E-state index is 11.3. The SMILES string of the molecule is Cc1cccc(N2CCN(Cc3ccc(-c4ccccc4[N+](=O)[O-])o3)CC2)c1C. The van der Waals surface area contributed by atoms with Crippen molar-refractivity contribution in [1.82, 2.24) is 4.90 Å². The maximum Gasteiger partial charge on any atom is 0.280 e. The lowest BCUT2D eigenvalue weighted by Gasteiger charge is -2.36. The monoisotopic (exact) mass is 391 g/mol. The van der Waals surface area contributed by atoms with E-state index < -0.39 is 0 Å². The third-order valence-corrected chi connectivity index (χ3v) is 5.70. The summed E-state index contributed by atoms with van der Waals surface area (Å²) in [6.45, 7) is 8.90. The molecule has 1 aliphatic rings. The molecule has 1 aliphatic heterocycles. The lowest BCUT2D eigenvalue weighted by atomic mass is 10.1. The fraction of sp³-hybridized carbons (Fsp3) is 0.304. The molecule has 6 heteroatoms. The Bertz CT molecular complexity index is 1020. The largest absolute Gasteiger partial charge is 0.459 e. The molecule has 0 spiro atoms. The second kappa shape index (κ2) is 8.09. The number of anilines is 1. The minimum atomic E-state index is -0.371. The molecule has 29 heavy (non-hydrogen) atoms. The quantitative estimate of drug-likeness (QED) is 0.462. The molecule has 3 aromatic rings. The highest BCUT2D eigenvalue weighted by molar-refractivity contribution is 5.69. The summed E-state index contributed by atoms with van der Waals surface area (Å²) in [6.07, 6.45) is 0. The fourth-order valence-corrected chi connectivity index (χ4v) is 3.89. The molecule has 4 rings (SSSR count). The zero-order valence-corrected chi connectivity index (χ0v) is 16.8. The Morgan fingerprint density at radius 3 is 2.48 bits per heavy atom. The van der Waals surface area contributed by atoms with Crippen LogP contribution in [0.4, 0.5) is 11.4 Å². The molecule has 0 unspecified atom stereocenters. The highest BCUT2D eigenvalue weighted by atomic mass is 16.6. The van der Waals surface area contributed by atoms with E-state index in [-0.39, 0.29) is 10.6 Å². The number of hydrogen-bond acceptors (Lipinski definition) is 5. The Morgan fingerprint density at radius 1 is 0.966 bits per heavy atom. The van der Waals surface area contributed by atoms with E-state index in [2.05, 4.69) is 41.8 Å². The van der Waals surface area contributed by atoms with Crippen molar-refractivity contribution in [3.8, 4) is 11.3 Å². The second-order valence-corrected chi connectivity index (χ2v) is 7.52. The molecule has 1 saturated heterocycles. The summed E-state index contributed by atoms with van der Waals surface area (Å²) in [6, 6.07) is 16.9. The van der Waals surface area contributed by atoms with Gasteiger partial charge in [0.1, 0.15) is 11.5 Å². The predicted octanol–water partition coefficient (Wildman–Crippen LogP) is 4.79. The lowest BCUT2D eigenvalue weighted by molar-refractivity contribution is -0.384. The number of nitro benzene ring substituents is 1. The Labute approximate surface area is 170 Å². The number of nitrogens with zero attached hydrogens (tertiary/aromatic N) is 3. The molecular formula is C23H25N3O3. The van der Waals surface area contributed by atoms with Gasteiger partial charge in [-0.2, -0.15) is 0 Å². The minimum Gasteiger partial charge on any atom is -0.459 e. The van der Waals surface area contributed by atoms with Crippen molar-refractivity contribution in [2.45, 2.75) is 20.4 Å². The Kier molecular flexibility index (Phi) is 5.36. The van der Waals surface area contributed by atoms with Crippen molar-refractivity contribution in [2.75, 3.05) is 31.1 Å². The van der Waals surface area contributed by atoms with Gasteiger partial charge in [0.15, 0.2) is 0 Å². The van der Waals surface area contributed by atoms with Gasteiger partial charge in [0.25, 0.3) is 5.69 Å². The van der Waals surface area contributed by atoms with Crippen molar-refractivity contribution in [3.63, 3.8) is 0 Å². The molecule has 0 saturated carbocycles. The van der Waals surface area contributed by atoms with Gasteiger partial charge in [0.2, 0.25) is 0 Å². The molecule has 1 aromatic heterocycles. The van der Waals surface area contributed by atoms with Gasteiger partial charge < -0.3 is 9.32 Å². The minimum absolute atomic E-state index is 0.0653. The van der Waals surface area contributed by atoms with Gasteiger partial charge in [-0.15, -0.1) is 0 Å². The van der Waals surface area contributed by atoms with Gasteiger partial charge in [-0.3, -0.25) is 15.0 Å². The van der Waals surface area contributed by atoms with Crippen LogP contribution in [0.15, 0.2) is 59.0 Å². The van der Waals surface area contributed by atoms with Crippen LogP contribution in [0.5, 0.6) is 0 Å². The number of benzene rings is 2. The molecule has 150 valence electrons. The molecule has 6 nitrogen and oxygen atoms in total. The summed E-state index contributed by atoms with van der Waals surface area (Å²) < 4.78 is 5.95. The van der Waals surface area contributed by atoms with Crippen LogP contribution in [-0.4, -0.2) is 36.0 Å². The van der Waals surface area contributed by atoms with Crippen LogP contribution in [0.2, 0.25) is 0 Å². The van der Waals surface area contributed by atoms with E-state index in [0.717, 1.165) is 31.9 Å². The first kappa shape index (κ1) is 19.2. The standard InChI is InChI=1S/C23H25N3O3/c1-17-6-5-9-21(18(17)2)25-14-12-24(13-15-25)16-19-10-11-23(29-19)20-7-3-4-8-22(20)26(27)28/h3-11H,12-16H2,1-2H3. The fourth-order valence-electron chi connectivity index (χ4n) is 3.89. The van der Waals surface area contributed by atoms with Crippen LogP contribution < -0.4 is 4.90 Å². The average Bonchev–Trinajstić information content (AvgIpc) is 3.19. The molecule has 0 aliphatic carbocycles. The van der Waals surface area contributed by atoms with E-state index in [1.165, 1.54) is 22.9 Å². The molecule has 0 radical (unpaired) electrons. The zero-order valence-electron chi connectivity index (χ0n) is 16.8. The molecule has 2 aromatic carbocycles. The van der Waals surface area contributed by atoms with Crippen LogP contribution in [-0.2, 0) is 6.54 Å². The van der Waals surface area contributed by atoms with E-state index in [1.807, 2.05) is 12.1 Å². The van der Waals surface area contributed by atoms with Gasteiger partial charge in [-0.05, 0) is 49.2 Å². The first-order valence-corrected chi connectivity index (χ1v) is 9.89. The van der Waals surface area contributed by atoms with Crippen molar-refractivity contribution < 1.29 is 9.34 Å². The number of furan rings is 1. The highest BCUT2D eigenvalue weighted by Gasteiger charge is 2.21. The highest BCUT2D eigenvalue weighted by Crippen LogP contribution is 2.31. The molecule has 0 N–H and O–H groups in total. The second-order valence-electron chi connectivity index (χ2n) is 7.52. The van der Waals surface area contributed by atoms with E-state index in [4.69, 9.17) is 4.42 Å². The van der Waals surface area contributed by atoms with E-state index in [9.17, 15) is 10.1 Å². The topological polar surface area (TPSA) is 62.8 Å². The van der Waals surface area contributed by atoms with E-state index in [1.54, 1.807) is 18.2 Å². The molecule has 0 amide bonds. The summed E-state index contributed by atoms with van der Waals surface area (Å²) in [7, 11) is 0. The van der Waals surface area contributed by atoms with Crippen LogP contribution in [0.3, 0.4) is 0 Å². The smallest absolute Gasteiger partial charge is 0.280 e. The molecule has 1 fully saturated rings. The third kappa shape index (κ3) is 4.03. The third-order valence-electron chi connectivity index (χ3n) is 5.70. The molecule has 0 atom stereocenters. The van der Waals surface area contributed by atoms with Crippen molar-refractivity contribution in [2.24, 2.45) is 0 Å². The first-order chi connectivity index (χ1) is 14.0. The van der Waals surface area contributed by atoms with Crippen molar-refractivity contribution >= 4 is 11.4 Å². The van der Waals surface area contributed by atoms with Gasteiger partial charge >= 0.3 is 0 Å².